The van der Waals surface area contributed by atoms with Crippen LogP contribution in [0.4, 0.5) is 0 Å². The van der Waals surface area contributed by atoms with Gasteiger partial charge in [0, 0.05) is 12.5 Å². The molecule has 0 aliphatic carbocycles. The number of rotatable bonds is 7. The largest absolute Gasteiger partial charge is 0.492 e. The second kappa shape index (κ2) is 7.54. The molecule has 112 valence electrons. The van der Waals surface area contributed by atoms with Crippen molar-refractivity contribution >= 4 is 17.5 Å². The van der Waals surface area contributed by atoms with E-state index in [9.17, 15) is 9.59 Å². The zero-order valence-corrected chi connectivity index (χ0v) is 12.1. The number of carbonyl (C=O) groups is 1. The van der Waals surface area contributed by atoms with Gasteiger partial charge in [0.15, 0.2) is 0 Å². The summed E-state index contributed by atoms with van der Waals surface area (Å²) >= 11 is 5.95. The van der Waals surface area contributed by atoms with Crippen LogP contribution in [0.25, 0.3) is 0 Å². The molecule has 0 fully saturated rings. The molecule has 0 spiro atoms. The predicted molar refractivity (Wildman–Crippen MR) is 79.4 cm³/mol. The van der Waals surface area contributed by atoms with Gasteiger partial charge >= 0.3 is 0 Å². The summed E-state index contributed by atoms with van der Waals surface area (Å²) in [5.74, 6) is 0.518. The highest BCUT2D eigenvalue weighted by Crippen LogP contribution is 2.23. The van der Waals surface area contributed by atoms with Gasteiger partial charge in [0.1, 0.15) is 5.75 Å². The molecule has 0 atom stereocenters. The van der Waals surface area contributed by atoms with E-state index in [1.165, 1.54) is 6.07 Å². The van der Waals surface area contributed by atoms with Gasteiger partial charge in [0.25, 0.3) is 5.56 Å². The van der Waals surface area contributed by atoms with Gasteiger partial charge in [-0.25, -0.2) is 0 Å². The predicted octanol–water partition coefficient (Wildman–Crippen LogP) is 1.83. The number of nitrogens with one attached hydrogen (secondary N) is 3. The summed E-state index contributed by atoms with van der Waals surface area (Å²) in [7, 11) is 0. The van der Waals surface area contributed by atoms with Crippen molar-refractivity contribution in [3.8, 4) is 5.75 Å². The zero-order valence-electron chi connectivity index (χ0n) is 11.3. The van der Waals surface area contributed by atoms with Crippen molar-refractivity contribution in [1.29, 1.82) is 0 Å². The molecule has 0 aliphatic rings. The summed E-state index contributed by atoms with van der Waals surface area (Å²) in [6, 6.07) is 8.60. The van der Waals surface area contributed by atoms with Gasteiger partial charge in [-0.15, -0.1) is 0 Å². The van der Waals surface area contributed by atoms with Gasteiger partial charge in [0.2, 0.25) is 5.91 Å². The number of aromatic amines is 2. The number of ether oxygens (including phenoxy) is 1. The number of carbonyl (C=O) groups excluding carboxylic acids is 1. The number of amides is 1. The molecule has 2 aromatic rings. The quantitative estimate of drug-likeness (QED) is 0.682. The van der Waals surface area contributed by atoms with Crippen LogP contribution in [0.5, 0.6) is 5.75 Å². The monoisotopic (exact) mass is 309 g/mol. The lowest BCUT2D eigenvalue weighted by Crippen LogP contribution is -2.23. The standard InChI is InChI=1S/C14H16ClN3O3/c15-11-4-1-2-5-12(11)21-7-3-6-13(19)16-9-10-8-14(20)18-17-10/h1-2,4-5,8H,3,6-7,9H2,(H,16,19)(H2,17,18,20). The van der Waals surface area contributed by atoms with E-state index < -0.39 is 0 Å². The number of halogens is 1. The van der Waals surface area contributed by atoms with Crippen molar-refractivity contribution in [2.45, 2.75) is 19.4 Å². The first kappa shape index (κ1) is 15.2. The maximum atomic E-state index is 11.6. The molecule has 21 heavy (non-hydrogen) atoms. The number of hydrogen-bond donors (Lipinski definition) is 3. The van der Waals surface area contributed by atoms with E-state index in [0.29, 0.717) is 42.5 Å². The molecule has 0 saturated carbocycles. The molecule has 3 N–H and O–H groups in total. The van der Waals surface area contributed by atoms with Crippen LogP contribution in [-0.2, 0) is 11.3 Å². The van der Waals surface area contributed by atoms with Crippen molar-refractivity contribution in [1.82, 2.24) is 15.5 Å². The van der Waals surface area contributed by atoms with Crippen LogP contribution >= 0.6 is 11.6 Å². The van der Waals surface area contributed by atoms with Crippen LogP contribution in [-0.4, -0.2) is 22.7 Å². The third-order valence-corrected chi connectivity index (χ3v) is 3.08. The number of H-pyrrole nitrogens is 2. The van der Waals surface area contributed by atoms with E-state index in [4.69, 9.17) is 16.3 Å². The molecule has 0 unspecified atom stereocenters. The van der Waals surface area contributed by atoms with E-state index in [1.54, 1.807) is 12.1 Å². The lowest BCUT2D eigenvalue weighted by atomic mass is 10.3. The fraction of sp³-hybridized carbons (Fsp3) is 0.286. The van der Waals surface area contributed by atoms with Crippen molar-refractivity contribution < 1.29 is 9.53 Å². The highest BCUT2D eigenvalue weighted by atomic mass is 35.5. The molecule has 1 amide bonds. The van der Waals surface area contributed by atoms with E-state index in [1.807, 2.05) is 12.1 Å². The SMILES string of the molecule is O=C(CCCOc1ccccc1Cl)NCc1cc(=O)[nH][nH]1. The van der Waals surface area contributed by atoms with Crippen molar-refractivity contribution in [2.24, 2.45) is 0 Å². The second-order valence-electron chi connectivity index (χ2n) is 4.44. The van der Waals surface area contributed by atoms with Crippen molar-refractivity contribution in [3.63, 3.8) is 0 Å². The summed E-state index contributed by atoms with van der Waals surface area (Å²) in [5, 5.41) is 8.33. The van der Waals surface area contributed by atoms with Gasteiger partial charge in [0.05, 0.1) is 23.9 Å². The third kappa shape index (κ3) is 5.00. The Morgan fingerprint density at radius 1 is 1.29 bits per heavy atom. The Hall–Kier alpha value is -2.21. The van der Waals surface area contributed by atoms with E-state index in [2.05, 4.69) is 15.5 Å². The molecule has 7 heteroatoms. The Kier molecular flexibility index (Phi) is 5.45. The molecule has 0 aliphatic heterocycles. The van der Waals surface area contributed by atoms with Crippen molar-refractivity contribution in [2.75, 3.05) is 6.61 Å². The first-order chi connectivity index (χ1) is 10.1. The molecule has 2 rings (SSSR count). The summed E-state index contributed by atoms with van der Waals surface area (Å²) in [6.07, 6.45) is 0.930. The second-order valence-corrected chi connectivity index (χ2v) is 4.85. The normalized spacial score (nSPS) is 10.3. The van der Waals surface area contributed by atoms with Crippen LogP contribution in [0.3, 0.4) is 0 Å². The van der Waals surface area contributed by atoms with Crippen LogP contribution in [0.1, 0.15) is 18.5 Å². The maximum absolute atomic E-state index is 11.6. The minimum Gasteiger partial charge on any atom is -0.492 e. The summed E-state index contributed by atoms with van der Waals surface area (Å²) in [5.41, 5.74) is 0.424. The highest BCUT2D eigenvalue weighted by Gasteiger charge is 2.04. The summed E-state index contributed by atoms with van der Waals surface area (Å²) < 4.78 is 5.49. The Labute approximate surface area is 126 Å². The fourth-order valence-corrected chi connectivity index (χ4v) is 1.92. The molecule has 1 aromatic carbocycles. The molecular weight excluding hydrogens is 294 g/mol. The van der Waals surface area contributed by atoms with Crippen LogP contribution < -0.4 is 15.6 Å². The fourth-order valence-electron chi connectivity index (χ4n) is 1.73. The number of aromatic nitrogens is 2. The van der Waals surface area contributed by atoms with E-state index in [-0.39, 0.29) is 11.5 Å². The molecule has 0 radical (unpaired) electrons. The minimum atomic E-state index is -0.215. The lowest BCUT2D eigenvalue weighted by Gasteiger charge is -2.07. The Bertz CT molecular complexity index is 651. The van der Waals surface area contributed by atoms with E-state index >= 15 is 0 Å². The molecular formula is C14H16ClN3O3. The summed E-state index contributed by atoms with van der Waals surface area (Å²) in [4.78, 5) is 22.5. The lowest BCUT2D eigenvalue weighted by molar-refractivity contribution is -0.121. The number of benzene rings is 1. The van der Waals surface area contributed by atoms with Gasteiger partial charge in [-0.2, -0.15) is 0 Å². The van der Waals surface area contributed by atoms with Gasteiger partial charge in [-0.05, 0) is 18.6 Å². The first-order valence-corrected chi connectivity index (χ1v) is 6.93. The Balaban J connectivity index is 1.63. The van der Waals surface area contributed by atoms with Gasteiger partial charge in [-0.3, -0.25) is 14.7 Å². The average molecular weight is 310 g/mol. The highest BCUT2D eigenvalue weighted by molar-refractivity contribution is 6.32. The third-order valence-electron chi connectivity index (χ3n) is 2.77. The Morgan fingerprint density at radius 3 is 2.81 bits per heavy atom. The summed E-state index contributed by atoms with van der Waals surface area (Å²) in [6.45, 7) is 0.709. The molecule has 1 heterocycles. The first-order valence-electron chi connectivity index (χ1n) is 6.56. The number of para-hydroxylation sites is 1. The minimum absolute atomic E-state index is 0.0974. The topological polar surface area (TPSA) is 87.0 Å². The van der Waals surface area contributed by atoms with Crippen LogP contribution in [0, 0.1) is 0 Å². The molecule has 0 saturated heterocycles. The van der Waals surface area contributed by atoms with Crippen LogP contribution in [0.15, 0.2) is 35.1 Å². The average Bonchev–Trinajstić information content (AvgIpc) is 2.89. The Morgan fingerprint density at radius 2 is 2.10 bits per heavy atom. The van der Waals surface area contributed by atoms with Crippen molar-refractivity contribution in [3.05, 3.63) is 51.4 Å². The zero-order chi connectivity index (χ0) is 15.1. The van der Waals surface area contributed by atoms with Gasteiger partial charge < -0.3 is 15.2 Å². The molecule has 1 aromatic heterocycles. The van der Waals surface area contributed by atoms with Gasteiger partial charge in [-0.1, -0.05) is 23.7 Å². The number of hydrogen-bond acceptors (Lipinski definition) is 3. The van der Waals surface area contributed by atoms with E-state index in [0.717, 1.165) is 0 Å². The van der Waals surface area contributed by atoms with Crippen LogP contribution in [0.2, 0.25) is 5.02 Å². The molecule has 6 nitrogen and oxygen atoms in total. The maximum Gasteiger partial charge on any atom is 0.264 e. The smallest absolute Gasteiger partial charge is 0.264 e. The molecule has 0 bridgehead atoms.